The van der Waals surface area contributed by atoms with Gasteiger partial charge in [0.2, 0.25) is 5.91 Å². The zero-order chi connectivity index (χ0) is 32.4. The van der Waals surface area contributed by atoms with Gasteiger partial charge in [0.15, 0.2) is 5.82 Å². The minimum atomic E-state index is -0.286. The van der Waals surface area contributed by atoms with Crippen molar-refractivity contribution in [3.63, 3.8) is 0 Å². The van der Waals surface area contributed by atoms with E-state index in [0.717, 1.165) is 84.3 Å². The van der Waals surface area contributed by atoms with Gasteiger partial charge in [0.1, 0.15) is 16.9 Å². The van der Waals surface area contributed by atoms with Crippen LogP contribution in [0, 0.1) is 17.3 Å². The topological polar surface area (TPSA) is 120 Å². The molecule has 6 fully saturated rings. The Balaban J connectivity index is 1.07. The van der Waals surface area contributed by atoms with E-state index in [1.54, 1.807) is 7.11 Å². The third-order valence-corrected chi connectivity index (χ3v) is 12.3. The fourth-order valence-electron chi connectivity index (χ4n) is 9.06. The van der Waals surface area contributed by atoms with Crippen LogP contribution in [0.15, 0.2) is 30.3 Å². The lowest BCUT2D eigenvalue weighted by atomic mass is 9.43. The Morgan fingerprint density at radius 2 is 1.91 bits per heavy atom. The van der Waals surface area contributed by atoms with Crippen molar-refractivity contribution in [2.75, 3.05) is 13.7 Å². The van der Waals surface area contributed by atoms with Gasteiger partial charge >= 0.3 is 0 Å². The number of fused-ring (bicyclic) bond motifs is 4. The highest BCUT2D eigenvalue weighted by molar-refractivity contribution is 6.27. The van der Waals surface area contributed by atoms with E-state index in [2.05, 4.69) is 26.6 Å². The second-order valence-corrected chi connectivity index (χ2v) is 16.1. The molecule has 1 saturated heterocycles. The van der Waals surface area contributed by atoms with Crippen molar-refractivity contribution < 1.29 is 14.3 Å². The standard InChI is InChI=1S/C36H42ClN7O3/c1-19(39-34(46)35-16-36(37,17-35)18-35)26-9-7-22-12-28(44(31(22)40-26)14-20-4-5-20)32-41-27-11-23(13-29(47-3)30(27)42(32)2)33(45)43-15-25(38)21-6-8-24(43)10-21/h7,9,11-13,19-21,24-25H,4-6,8,10,14-18,38H2,1-3H3,(H,39,46)/t19-,21+,24-,25+,35?,36?/m1/s1. The third-order valence-electron chi connectivity index (χ3n) is 11.9. The van der Waals surface area contributed by atoms with Crippen LogP contribution < -0.4 is 15.8 Å². The minimum absolute atomic E-state index is 0.00446. The minimum Gasteiger partial charge on any atom is -0.494 e. The number of imidazole rings is 1. The molecule has 4 atom stereocenters. The van der Waals surface area contributed by atoms with Crippen molar-refractivity contribution in [3.8, 4) is 17.3 Å². The van der Waals surface area contributed by atoms with Crippen molar-refractivity contribution in [2.45, 2.75) is 87.8 Å². The number of carbonyl (C=O) groups excluding carboxylic acids is 2. The molecule has 47 heavy (non-hydrogen) atoms. The van der Waals surface area contributed by atoms with Crippen LogP contribution in [0.5, 0.6) is 5.75 Å². The van der Waals surface area contributed by atoms with Crippen molar-refractivity contribution in [1.29, 1.82) is 0 Å². The fourth-order valence-corrected chi connectivity index (χ4v) is 9.83. The molecule has 6 aliphatic rings. The number of nitrogens with one attached hydrogen (secondary N) is 1. The summed E-state index contributed by atoms with van der Waals surface area (Å²) in [6, 6.07) is 10.1. The maximum absolute atomic E-state index is 13.9. The van der Waals surface area contributed by atoms with Crippen LogP contribution in [-0.2, 0) is 18.4 Å². The molecule has 11 heteroatoms. The molecule has 10 nitrogen and oxygen atoms in total. The first-order chi connectivity index (χ1) is 22.5. The highest BCUT2D eigenvalue weighted by Gasteiger charge is 2.71. The van der Waals surface area contributed by atoms with Gasteiger partial charge < -0.3 is 29.8 Å². The quantitative estimate of drug-likeness (QED) is 0.249. The summed E-state index contributed by atoms with van der Waals surface area (Å²) in [6.07, 6.45) is 7.79. The Labute approximate surface area is 279 Å². The van der Waals surface area contributed by atoms with E-state index in [4.69, 9.17) is 32.0 Å². The molecule has 2 amide bonds. The number of aromatic nitrogens is 4. The van der Waals surface area contributed by atoms with Gasteiger partial charge in [-0.25, -0.2) is 9.97 Å². The van der Waals surface area contributed by atoms with Gasteiger partial charge in [-0.15, -0.1) is 11.6 Å². The lowest BCUT2D eigenvalue weighted by molar-refractivity contribution is -0.159. The number of benzene rings is 1. The molecule has 0 radical (unpaired) electrons. The lowest BCUT2D eigenvalue weighted by Gasteiger charge is -2.66. The molecule has 5 saturated carbocycles. The summed E-state index contributed by atoms with van der Waals surface area (Å²) < 4.78 is 10.2. The molecule has 4 aromatic rings. The molecule has 4 bridgehead atoms. The summed E-state index contributed by atoms with van der Waals surface area (Å²) in [4.78, 5) is 39.1. The molecule has 10 rings (SSSR count). The van der Waals surface area contributed by atoms with Crippen LogP contribution in [-0.4, -0.2) is 66.4 Å². The van der Waals surface area contributed by atoms with Crippen molar-refractivity contribution >= 4 is 45.5 Å². The number of nitrogens with two attached hydrogens (primary N) is 1. The highest BCUT2D eigenvalue weighted by Crippen LogP contribution is 2.70. The number of ether oxygens (including phenoxy) is 1. The summed E-state index contributed by atoms with van der Waals surface area (Å²) in [7, 11) is 3.65. The van der Waals surface area contributed by atoms with Gasteiger partial charge in [-0.1, -0.05) is 0 Å². The van der Waals surface area contributed by atoms with Crippen LogP contribution in [0.1, 0.15) is 80.4 Å². The smallest absolute Gasteiger partial charge is 0.254 e. The summed E-state index contributed by atoms with van der Waals surface area (Å²) in [5.74, 6) is 2.61. The normalized spacial score (nSPS) is 29.9. The molecule has 3 N–H and O–H groups in total. The first-order valence-corrected chi connectivity index (χ1v) is 17.5. The van der Waals surface area contributed by atoms with Gasteiger partial charge in [-0.05, 0) is 100 Å². The summed E-state index contributed by atoms with van der Waals surface area (Å²) in [5.41, 5.74) is 11.0. The summed E-state index contributed by atoms with van der Waals surface area (Å²) >= 11 is 6.43. The SMILES string of the molecule is COc1cc(C(=O)N2C[C@H](N)[C@H]3CC[C@@H]2C3)cc2nc(-c3cc4ccc([C@@H](C)NC(=O)C56CC(Cl)(C5)C6)nc4n3CC3CC3)n(C)c12. The number of piperidine rings is 1. The van der Waals surface area contributed by atoms with Gasteiger partial charge in [0.05, 0.1) is 35.5 Å². The summed E-state index contributed by atoms with van der Waals surface area (Å²) in [6.45, 7) is 3.44. The molecular weight excluding hydrogens is 614 g/mol. The number of methoxy groups -OCH3 is 1. The number of hydrogen-bond donors (Lipinski definition) is 2. The Hall–Kier alpha value is -3.63. The molecule has 1 aromatic carbocycles. The average molecular weight is 656 g/mol. The zero-order valence-corrected chi connectivity index (χ0v) is 28.0. The van der Waals surface area contributed by atoms with Crippen molar-refractivity contribution in [1.82, 2.24) is 29.3 Å². The Morgan fingerprint density at radius 3 is 2.64 bits per heavy atom. The lowest BCUT2D eigenvalue weighted by Crippen LogP contribution is -2.69. The summed E-state index contributed by atoms with van der Waals surface area (Å²) in [5, 5.41) is 4.25. The van der Waals surface area contributed by atoms with Crippen molar-refractivity contribution in [3.05, 3.63) is 41.6 Å². The van der Waals surface area contributed by atoms with Crippen LogP contribution in [0.4, 0.5) is 0 Å². The molecule has 246 valence electrons. The highest BCUT2D eigenvalue weighted by atomic mass is 35.5. The maximum Gasteiger partial charge on any atom is 0.254 e. The molecule has 0 spiro atoms. The molecule has 5 aliphatic carbocycles. The Bertz CT molecular complexity index is 1960. The second kappa shape index (κ2) is 10.2. The number of alkyl halides is 1. The van der Waals surface area contributed by atoms with Gasteiger partial charge in [0, 0.05) is 48.0 Å². The number of carbonyl (C=O) groups is 2. The number of pyridine rings is 1. The number of aryl methyl sites for hydroxylation is 1. The van der Waals surface area contributed by atoms with Gasteiger partial charge in [-0.2, -0.15) is 0 Å². The predicted molar refractivity (Wildman–Crippen MR) is 180 cm³/mol. The monoisotopic (exact) mass is 655 g/mol. The van der Waals surface area contributed by atoms with Crippen LogP contribution in [0.3, 0.4) is 0 Å². The number of likely N-dealkylation sites (tertiary alicyclic amines) is 1. The van der Waals surface area contributed by atoms with Crippen LogP contribution in [0.2, 0.25) is 0 Å². The van der Waals surface area contributed by atoms with Crippen molar-refractivity contribution in [2.24, 2.45) is 30.0 Å². The number of rotatable bonds is 8. The molecular formula is C36H42ClN7O3. The second-order valence-electron chi connectivity index (χ2n) is 15.3. The zero-order valence-electron chi connectivity index (χ0n) is 27.3. The number of halogens is 1. The Morgan fingerprint density at radius 1 is 1.13 bits per heavy atom. The fraction of sp³-hybridized carbons (Fsp3) is 0.556. The van der Waals surface area contributed by atoms with Gasteiger partial charge in [0.25, 0.3) is 5.91 Å². The van der Waals surface area contributed by atoms with E-state index in [1.165, 1.54) is 12.8 Å². The first-order valence-electron chi connectivity index (χ1n) is 17.2. The van der Waals surface area contributed by atoms with Crippen LogP contribution >= 0.6 is 11.6 Å². The van der Waals surface area contributed by atoms with E-state index in [-0.39, 0.29) is 40.2 Å². The number of hydrogen-bond acceptors (Lipinski definition) is 6. The first kappa shape index (κ1) is 29.5. The van der Waals surface area contributed by atoms with Crippen LogP contribution in [0.25, 0.3) is 33.6 Å². The average Bonchev–Trinajstić information content (AvgIpc) is 3.49. The molecule has 4 heterocycles. The molecule has 0 unspecified atom stereocenters. The Kier molecular flexibility index (Phi) is 6.40. The van der Waals surface area contributed by atoms with E-state index in [9.17, 15) is 9.59 Å². The predicted octanol–water partition coefficient (Wildman–Crippen LogP) is 5.30. The van der Waals surface area contributed by atoms with Gasteiger partial charge in [-0.3, -0.25) is 9.59 Å². The van der Waals surface area contributed by atoms with E-state index < -0.39 is 0 Å². The largest absolute Gasteiger partial charge is 0.494 e. The number of amides is 2. The molecule has 1 aliphatic heterocycles. The third kappa shape index (κ3) is 4.54. The van der Waals surface area contributed by atoms with E-state index in [0.29, 0.717) is 29.7 Å². The maximum atomic E-state index is 13.9. The number of nitrogens with zero attached hydrogens (tertiary/aromatic N) is 5. The van der Waals surface area contributed by atoms with E-state index in [1.807, 2.05) is 37.1 Å². The van der Waals surface area contributed by atoms with E-state index >= 15 is 0 Å². The molecule has 3 aromatic heterocycles.